The summed E-state index contributed by atoms with van der Waals surface area (Å²) >= 11 is 0. The van der Waals surface area contributed by atoms with Gasteiger partial charge in [-0.3, -0.25) is 0 Å². The number of hydrogen-bond donors (Lipinski definition) is 1. The van der Waals surface area contributed by atoms with Crippen molar-refractivity contribution in [3.63, 3.8) is 0 Å². The highest BCUT2D eigenvalue weighted by Gasteiger charge is 2.29. The van der Waals surface area contributed by atoms with Gasteiger partial charge >= 0.3 is 6.09 Å². The first-order valence-electron chi connectivity index (χ1n) is 9.71. The van der Waals surface area contributed by atoms with Crippen LogP contribution in [0.15, 0.2) is 54.6 Å². The Balaban J connectivity index is 1.54. The van der Waals surface area contributed by atoms with E-state index in [1.165, 1.54) is 16.7 Å². The van der Waals surface area contributed by atoms with E-state index in [1.807, 2.05) is 37.3 Å². The van der Waals surface area contributed by atoms with Gasteiger partial charge in [0.25, 0.3) is 0 Å². The second-order valence-corrected chi connectivity index (χ2v) is 7.35. The molecule has 0 aliphatic carbocycles. The van der Waals surface area contributed by atoms with Crippen molar-refractivity contribution in [3.8, 4) is 17.0 Å². The van der Waals surface area contributed by atoms with Crippen LogP contribution in [0, 0.1) is 20.8 Å². The number of aromatic nitrogens is 1. The molecule has 1 atom stereocenters. The first kappa shape index (κ1) is 19.0. The Morgan fingerprint density at radius 1 is 1.10 bits per heavy atom. The minimum atomic E-state index is -0.468. The number of fused-ring (bicyclic) bond motifs is 1. The molecule has 1 aliphatic rings. The molecule has 2 heterocycles. The zero-order valence-electron chi connectivity index (χ0n) is 16.9. The number of amides is 1. The number of nitrogens with one attached hydrogen (secondary N) is 1. The lowest BCUT2D eigenvalue weighted by Gasteiger charge is -2.15. The summed E-state index contributed by atoms with van der Waals surface area (Å²) in [4.78, 5) is 17.0. The van der Waals surface area contributed by atoms with E-state index in [1.54, 1.807) is 0 Å². The molecular weight excluding hydrogens is 364 g/mol. The number of pyridine rings is 1. The van der Waals surface area contributed by atoms with Crippen LogP contribution in [0.3, 0.4) is 0 Å². The standard InChI is InChI=1S/C24H24N2O3/c1-15-8-7-9-16(2)22(15)19-12-20-21(14-28-23(20)25-17(19)3)26-24(27)29-13-18-10-5-4-6-11-18/h4-12,21H,13-14H2,1-3H3,(H,26,27). The van der Waals surface area contributed by atoms with Crippen LogP contribution in [-0.2, 0) is 11.3 Å². The third kappa shape index (κ3) is 3.94. The summed E-state index contributed by atoms with van der Waals surface area (Å²) in [7, 11) is 0. The number of aryl methyl sites for hydroxylation is 3. The van der Waals surface area contributed by atoms with Gasteiger partial charge in [-0.2, -0.15) is 0 Å². The molecule has 0 saturated carbocycles. The minimum Gasteiger partial charge on any atom is -0.475 e. The van der Waals surface area contributed by atoms with E-state index in [0.717, 1.165) is 22.4 Å². The molecule has 0 fully saturated rings. The number of carbonyl (C=O) groups is 1. The normalized spacial score (nSPS) is 14.8. The molecule has 1 aliphatic heterocycles. The fourth-order valence-electron chi connectivity index (χ4n) is 3.73. The molecule has 1 N–H and O–H groups in total. The van der Waals surface area contributed by atoms with Gasteiger partial charge in [0.2, 0.25) is 5.88 Å². The molecule has 5 nitrogen and oxygen atoms in total. The highest BCUT2D eigenvalue weighted by molar-refractivity contribution is 5.74. The van der Waals surface area contributed by atoms with Gasteiger partial charge in [-0.1, -0.05) is 48.5 Å². The molecule has 1 unspecified atom stereocenters. The SMILES string of the molecule is Cc1cccc(C)c1-c1cc2c(nc1C)OCC2NC(=O)OCc1ccccc1. The lowest BCUT2D eigenvalue weighted by molar-refractivity contribution is 0.133. The molecule has 5 heteroatoms. The molecule has 1 amide bonds. The van der Waals surface area contributed by atoms with Crippen LogP contribution in [0.1, 0.15) is 34.0 Å². The maximum absolute atomic E-state index is 12.3. The first-order valence-corrected chi connectivity index (χ1v) is 9.71. The molecule has 148 valence electrons. The van der Waals surface area contributed by atoms with Crippen LogP contribution in [0.25, 0.3) is 11.1 Å². The number of hydrogen-bond acceptors (Lipinski definition) is 4. The second-order valence-electron chi connectivity index (χ2n) is 7.35. The number of carbonyl (C=O) groups excluding carboxylic acids is 1. The van der Waals surface area contributed by atoms with Gasteiger partial charge in [0.15, 0.2) is 0 Å². The summed E-state index contributed by atoms with van der Waals surface area (Å²) in [5, 5.41) is 2.91. The Morgan fingerprint density at radius 2 is 1.83 bits per heavy atom. The third-order valence-corrected chi connectivity index (χ3v) is 5.22. The molecular formula is C24H24N2O3. The Kier molecular flexibility index (Phi) is 5.21. The van der Waals surface area contributed by atoms with Crippen molar-refractivity contribution in [2.75, 3.05) is 6.61 Å². The van der Waals surface area contributed by atoms with Crippen molar-refractivity contribution in [2.24, 2.45) is 0 Å². The van der Waals surface area contributed by atoms with Crippen LogP contribution >= 0.6 is 0 Å². The Bertz CT molecular complexity index is 1030. The molecule has 0 spiro atoms. The van der Waals surface area contributed by atoms with Crippen molar-refractivity contribution in [1.29, 1.82) is 0 Å². The maximum atomic E-state index is 12.3. The first-order chi connectivity index (χ1) is 14.0. The number of nitrogens with zero attached hydrogens (tertiary/aromatic N) is 1. The molecule has 2 aromatic carbocycles. The number of benzene rings is 2. The van der Waals surface area contributed by atoms with E-state index in [4.69, 9.17) is 9.47 Å². The van der Waals surface area contributed by atoms with E-state index < -0.39 is 6.09 Å². The Morgan fingerprint density at radius 3 is 2.55 bits per heavy atom. The number of rotatable bonds is 4. The van der Waals surface area contributed by atoms with E-state index in [2.05, 4.69) is 48.4 Å². The van der Waals surface area contributed by atoms with Gasteiger partial charge in [0.05, 0.1) is 6.04 Å². The monoisotopic (exact) mass is 388 g/mol. The molecule has 4 rings (SSSR count). The summed E-state index contributed by atoms with van der Waals surface area (Å²) in [6, 6.07) is 17.7. The van der Waals surface area contributed by atoms with E-state index in [9.17, 15) is 4.79 Å². The third-order valence-electron chi connectivity index (χ3n) is 5.22. The van der Waals surface area contributed by atoms with Crippen LogP contribution < -0.4 is 10.1 Å². The minimum absolute atomic E-state index is 0.229. The van der Waals surface area contributed by atoms with E-state index >= 15 is 0 Å². The van der Waals surface area contributed by atoms with Crippen LogP contribution in [0.2, 0.25) is 0 Å². The van der Waals surface area contributed by atoms with Crippen molar-refractivity contribution < 1.29 is 14.3 Å². The highest BCUT2D eigenvalue weighted by Crippen LogP contribution is 2.37. The molecule has 1 aromatic heterocycles. The van der Waals surface area contributed by atoms with Crippen molar-refractivity contribution in [1.82, 2.24) is 10.3 Å². The molecule has 0 saturated heterocycles. The Labute approximate surface area is 170 Å². The number of ether oxygens (including phenoxy) is 2. The zero-order chi connectivity index (χ0) is 20.4. The van der Waals surface area contributed by atoms with Gasteiger partial charge < -0.3 is 14.8 Å². The van der Waals surface area contributed by atoms with Gasteiger partial charge in [-0.15, -0.1) is 0 Å². The lowest BCUT2D eigenvalue weighted by Crippen LogP contribution is -2.30. The second kappa shape index (κ2) is 7.95. The highest BCUT2D eigenvalue weighted by atomic mass is 16.5. The summed E-state index contributed by atoms with van der Waals surface area (Å²) in [6.45, 7) is 6.76. The average molecular weight is 388 g/mol. The van der Waals surface area contributed by atoms with Crippen molar-refractivity contribution >= 4 is 6.09 Å². The largest absolute Gasteiger partial charge is 0.475 e. The van der Waals surface area contributed by atoms with Crippen LogP contribution in [0.4, 0.5) is 4.79 Å². The van der Waals surface area contributed by atoms with E-state index in [0.29, 0.717) is 12.5 Å². The quantitative estimate of drug-likeness (QED) is 0.681. The molecule has 29 heavy (non-hydrogen) atoms. The maximum Gasteiger partial charge on any atom is 0.408 e. The fraction of sp³-hybridized carbons (Fsp3) is 0.250. The van der Waals surface area contributed by atoms with Crippen LogP contribution in [0.5, 0.6) is 5.88 Å². The molecule has 3 aromatic rings. The number of alkyl carbamates (subject to hydrolysis) is 1. The van der Waals surface area contributed by atoms with Gasteiger partial charge in [0.1, 0.15) is 13.2 Å². The molecule has 0 radical (unpaired) electrons. The summed E-state index contributed by atoms with van der Waals surface area (Å²) in [5.41, 5.74) is 7.37. The lowest BCUT2D eigenvalue weighted by atomic mass is 9.93. The zero-order valence-corrected chi connectivity index (χ0v) is 16.9. The average Bonchev–Trinajstić information content (AvgIpc) is 3.08. The van der Waals surface area contributed by atoms with Gasteiger partial charge in [0, 0.05) is 16.8 Å². The van der Waals surface area contributed by atoms with Crippen molar-refractivity contribution in [3.05, 3.63) is 82.5 Å². The molecule has 0 bridgehead atoms. The van der Waals surface area contributed by atoms with Crippen LogP contribution in [-0.4, -0.2) is 17.7 Å². The van der Waals surface area contributed by atoms with Gasteiger partial charge in [-0.05, 0) is 49.1 Å². The summed E-state index contributed by atoms with van der Waals surface area (Å²) in [5.74, 6) is 0.575. The predicted octanol–water partition coefficient (Wildman–Crippen LogP) is 5.03. The topological polar surface area (TPSA) is 60.5 Å². The predicted molar refractivity (Wildman–Crippen MR) is 112 cm³/mol. The van der Waals surface area contributed by atoms with E-state index in [-0.39, 0.29) is 12.6 Å². The smallest absolute Gasteiger partial charge is 0.408 e. The summed E-state index contributed by atoms with van der Waals surface area (Å²) in [6.07, 6.45) is -0.468. The fourth-order valence-corrected chi connectivity index (χ4v) is 3.73. The Hall–Kier alpha value is -3.34. The van der Waals surface area contributed by atoms with Crippen molar-refractivity contribution in [2.45, 2.75) is 33.4 Å². The summed E-state index contributed by atoms with van der Waals surface area (Å²) < 4.78 is 11.1. The van der Waals surface area contributed by atoms with Gasteiger partial charge in [-0.25, -0.2) is 9.78 Å².